The first-order valence-corrected chi connectivity index (χ1v) is 8.46. The molecule has 0 aliphatic carbocycles. The lowest BCUT2D eigenvalue weighted by Gasteiger charge is -2.20. The number of para-hydroxylation sites is 1. The fourth-order valence-corrected chi connectivity index (χ4v) is 2.58. The predicted molar refractivity (Wildman–Crippen MR) is 95.7 cm³/mol. The molecule has 7 nitrogen and oxygen atoms in total. The van der Waals surface area contributed by atoms with Gasteiger partial charge in [0, 0.05) is 5.39 Å². The Bertz CT molecular complexity index is 708. The number of aromatic nitrogens is 1. The van der Waals surface area contributed by atoms with Crippen LogP contribution in [0.5, 0.6) is 0 Å². The van der Waals surface area contributed by atoms with Crippen LogP contribution in [-0.2, 0) is 9.59 Å². The monoisotopic (exact) mass is 344 g/mol. The predicted octanol–water partition coefficient (Wildman–Crippen LogP) is 2.72. The molecular weight excluding hydrogens is 320 g/mol. The minimum atomic E-state index is -0.491. The number of unbranched alkanes of at least 4 members (excludes halogenated alkanes) is 2. The first kappa shape index (κ1) is 18.7. The molecule has 0 fully saturated rings. The number of nitrogens with one attached hydrogen (secondary N) is 2. The van der Waals surface area contributed by atoms with Crippen molar-refractivity contribution in [3.8, 4) is 0 Å². The number of hydrazine groups is 1. The summed E-state index contributed by atoms with van der Waals surface area (Å²) in [5.41, 5.74) is 6.24. The van der Waals surface area contributed by atoms with Gasteiger partial charge in [0.1, 0.15) is 5.82 Å². The van der Waals surface area contributed by atoms with Gasteiger partial charge in [-0.05, 0) is 24.6 Å². The zero-order valence-electron chi connectivity index (χ0n) is 14.3. The van der Waals surface area contributed by atoms with Gasteiger partial charge in [0.05, 0.1) is 18.0 Å². The molecule has 2 amide bonds. The van der Waals surface area contributed by atoms with Crippen molar-refractivity contribution < 1.29 is 14.8 Å². The smallest absolute Gasteiger partial charge is 0.243 e. The first-order chi connectivity index (χ1) is 12.1. The van der Waals surface area contributed by atoms with E-state index >= 15 is 0 Å². The average Bonchev–Trinajstić information content (AvgIpc) is 2.65. The third-order valence-electron chi connectivity index (χ3n) is 3.97. The van der Waals surface area contributed by atoms with Crippen LogP contribution in [0.3, 0.4) is 0 Å². The third-order valence-corrected chi connectivity index (χ3v) is 3.97. The second kappa shape index (κ2) is 9.58. The number of carbonyl (C=O) groups is 2. The zero-order chi connectivity index (χ0) is 18.1. The van der Waals surface area contributed by atoms with Crippen LogP contribution in [0.4, 0.5) is 5.82 Å². The molecule has 134 valence electrons. The number of amides is 2. The van der Waals surface area contributed by atoms with E-state index in [9.17, 15) is 14.8 Å². The number of hydrogen-bond acceptors (Lipinski definition) is 5. The van der Waals surface area contributed by atoms with E-state index in [0.717, 1.165) is 30.2 Å². The molecule has 0 saturated heterocycles. The molecule has 2 aromatic rings. The van der Waals surface area contributed by atoms with Crippen LogP contribution in [0.25, 0.3) is 10.9 Å². The minimum absolute atomic E-state index is 0.0358. The van der Waals surface area contributed by atoms with Crippen molar-refractivity contribution in [3.05, 3.63) is 36.4 Å². The Kier molecular flexibility index (Phi) is 7.16. The topological polar surface area (TPSA) is 94.6 Å². The van der Waals surface area contributed by atoms with Gasteiger partial charge in [0.2, 0.25) is 12.3 Å². The number of hydroxylamine groups is 2. The molecule has 0 radical (unpaired) electrons. The Morgan fingerprint density at radius 1 is 1.28 bits per heavy atom. The Morgan fingerprint density at radius 2 is 2.08 bits per heavy atom. The second-order valence-electron chi connectivity index (χ2n) is 5.92. The van der Waals surface area contributed by atoms with Crippen LogP contribution < -0.4 is 10.9 Å². The lowest BCUT2D eigenvalue weighted by molar-refractivity contribution is -0.154. The van der Waals surface area contributed by atoms with Gasteiger partial charge in [-0.3, -0.25) is 25.6 Å². The van der Waals surface area contributed by atoms with E-state index in [1.807, 2.05) is 30.3 Å². The molecule has 1 atom stereocenters. The van der Waals surface area contributed by atoms with E-state index in [1.165, 1.54) is 0 Å². The molecule has 3 N–H and O–H groups in total. The number of carbonyl (C=O) groups excluding carboxylic acids is 2. The highest BCUT2D eigenvalue weighted by Crippen LogP contribution is 2.15. The molecule has 2 rings (SSSR count). The summed E-state index contributed by atoms with van der Waals surface area (Å²) in [6.07, 6.45) is 3.78. The highest BCUT2D eigenvalue weighted by atomic mass is 16.5. The largest absolute Gasteiger partial charge is 0.286 e. The van der Waals surface area contributed by atoms with Crippen LogP contribution in [0, 0.1) is 5.92 Å². The van der Waals surface area contributed by atoms with Crippen molar-refractivity contribution in [3.63, 3.8) is 0 Å². The maximum absolute atomic E-state index is 12.4. The summed E-state index contributed by atoms with van der Waals surface area (Å²) < 4.78 is 0. The zero-order valence-corrected chi connectivity index (χ0v) is 14.3. The molecule has 0 aliphatic heterocycles. The Hall–Kier alpha value is -2.67. The summed E-state index contributed by atoms with van der Waals surface area (Å²) in [6, 6.07) is 11.4. The summed E-state index contributed by atoms with van der Waals surface area (Å²) in [7, 11) is 0. The molecule has 7 heteroatoms. The van der Waals surface area contributed by atoms with Gasteiger partial charge >= 0.3 is 0 Å². The van der Waals surface area contributed by atoms with Gasteiger partial charge in [0.25, 0.3) is 0 Å². The normalized spacial score (nSPS) is 11.8. The van der Waals surface area contributed by atoms with Gasteiger partial charge < -0.3 is 0 Å². The summed E-state index contributed by atoms with van der Waals surface area (Å²) in [5.74, 6) is -0.253. The van der Waals surface area contributed by atoms with Gasteiger partial charge in [-0.2, -0.15) is 0 Å². The number of pyridine rings is 1. The minimum Gasteiger partial charge on any atom is -0.286 e. The summed E-state index contributed by atoms with van der Waals surface area (Å²) in [4.78, 5) is 27.4. The van der Waals surface area contributed by atoms with Crippen molar-refractivity contribution in [1.29, 1.82) is 0 Å². The molecule has 1 aromatic carbocycles. The molecule has 0 unspecified atom stereocenters. The van der Waals surface area contributed by atoms with Crippen LogP contribution >= 0.6 is 0 Å². The molecule has 1 aromatic heterocycles. The van der Waals surface area contributed by atoms with Crippen molar-refractivity contribution in [2.24, 2.45) is 5.92 Å². The third kappa shape index (κ3) is 5.72. The lowest BCUT2D eigenvalue weighted by atomic mass is 10.0. The fraction of sp³-hybridized carbons (Fsp3) is 0.389. The van der Waals surface area contributed by atoms with E-state index in [-0.39, 0.29) is 12.5 Å². The van der Waals surface area contributed by atoms with E-state index in [0.29, 0.717) is 23.7 Å². The van der Waals surface area contributed by atoms with E-state index < -0.39 is 5.92 Å². The van der Waals surface area contributed by atoms with E-state index in [4.69, 9.17) is 0 Å². The number of nitrogens with zero attached hydrogens (tertiary/aromatic N) is 2. The summed E-state index contributed by atoms with van der Waals surface area (Å²) in [6.45, 7) is 2.04. The van der Waals surface area contributed by atoms with Gasteiger partial charge in [-0.15, -0.1) is 0 Å². The molecule has 25 heavy (non-hydrogen) atoms. The Morgan fingerprint density at radius 3 is 2.84 bits per heavy atom. The first-order valence-electron chi connectivity index (χ1n) is 8.46. The van der Waals surface area contributed by atoms with Crippen molar-refractivity contribution in [1.82, 2.24) is 15.5 Å². The van der Waals surface area contributed by atoms with Crippen LogP contribution in [-0.4, -0.2) is 34.1 Å². The lowest BCUT2D eigenvalue weighted by Crippen LogP contribution is -2.40. The number of benzene rings is 1. The van der Waals surface area contributed by atoms with Crippen LogP contribution in [0.15, 0.2) is 36.4 Å². The molecule has 0 aliphatic rings. The maximum atomic E-state index is 12.4. The van der Waals surface area contributed by atoms with Crippen LogP contribution in [0.1, 0.15) is 32.6 Å². The van der Waals surface area contributed by atoms with E-state index in [1.54, 1.807) is 6.07 Å². The van der Waals surface area contributed by atoms with Gasteiger partial charge in [-0.25, -0.2) is 10.0 Å². The molecule has 0 spiro atoms. The SMILES string of the molecule is CCCCC[C@@H](CN(O)C=O)C(=O)NNc1ccc2ccccc2n1. The Labute approximate surface area is 147 Å². The average molecular weight is 344 g/mol. The van der Waals surface area contributed by atoms with Gasteiger partial charge in [-0.1, -0.05) is 44.4 Å². The molecule has 0 bridgehead atoms. The highest BCUT2D eigenvalue weighted by molar-refractivity contribution is 5.82. The number of rotatable bonds is 10. The number of anilines is 1. The van der Waals surface area contributed by atoms with E-state index in [2.05, 4.69) is 22.8 Å². The quantitative estimate of drug-likeness (QED) is 0.267. The highest BCUT2D eigenvalue weighted by Gasteiger charge is 2.20. The van der Waals surface area contributed by atoms with Crippen LogP contribution in [0.2, 0.25) is 0 Å². The van der Waals surface area contributed by atoms with Crippen molar-refractivity contribution >= 4 is 29.0 Å². The number of fused-ring (bicyclic) bond motifs is 1. The molecule has 1 heterocycles. The van der Waals surface area contributed by atoms with Gasteiger partial charge in [0.15, 0.2) is 0 Å². The van der Waals surface area contributed by atoms with Crippen molar-refractivity contribution in [2.75, 3.05) is 12.0 Å². The maximum Gasteiger partial charge on any atom is 0.243 e. The number of hydrogen-bond donors (Lipinski definition) is 3. The standard InChI is InChI=1S/C18H24N4O3/c1-2-3-4-8-15(12-22(25)13-23)18(24)21-20-17-11-10-14-7-5-6-9-16(14)19-17/h5-7,9-11,13,15,25H,2-4,8,12H2,1H3,(H,19,20)(H,21,24)/t15-/m0/s1. The second-order valence-corrected chi connectivity index (χ2v) is 5.92. The summed E-state index contributed by atoms with van der Waals surface area (Å²) in [5, 5.41) is 10.9. The van der Waals surface area contributed by atoms with Crippen molar-refractivity contribution in [2.45, 2.75) is 32.6 Å². The fourth-order valence-electron chi connectivity index (χ4n) is 2.58. The Balaban J connectivity index is 1.96. The molecular formula is C18H24N4O3. The summed E-state index contributed by atoms with van der Waals surface area (Å²) >= 11 is 0. The molecule has 0 saturated carbocycles.